The highest BCUT2D eigenvalue weighted by Crippen LogP contribution is 2.31. The molecule has 0 spiro atoms. The molecule has 1 aromatic heterocycles. The third-order valence-corrected chi connectivity index (χ3v) is 6.46. The van der Waals surface area contributed by atoms with Gasteiger partial charge in [0.05, 0.1) is 11.4 Å². The Balaban J connectivity index is 1.60. The zero-order valence-electron chi connectivity index (χ0n) is 15.7. The Hall–Kier alpha value is -2.99. The number of aryl methyl sites for hydroxylation is 1. The maximum atomic E-state index is 13.1. The molecule has 5 nitrogen and oxygen atoms in total. The fourth-order valence-corrected chi connectivity index (χ4v) is 4.35. The average molecular weight is 392 g/mol. The zero-order chi connectivity index (χ0) is 19.9. The Bertz CT molecular complexity index is 1100. The number of hydrogen-bond donors (Lipinski definition) is 1. The smallest absolute Gasteiger partial charge is 0.319 e. The molecule has 1 saturated heterocycles. The zero-order valence-corrected chi connectivity index (χ0v) is 16.5. The lowest BCUT2D eigenvalue weighted by Crippen LogP contribution is -2.41. The Labute approximate surface area is 167 Å². The van der Waals surface area contributed by atoms with E-state index in [4.69, 9.17) is 0 Å². The first kappa shape index (κ1) is 18.4. The predicted molar refractivity (Wildman–Crippen MR) is 110 cm³/mol. The van der Waals surface area contributed by atoms with Crippen molar-refractivity contribution >= 4 is 39.8 Å². The van der Waals surface area contributed by atoms with Crippen LogP contribution < -0.4 is 5.32 Å². The quantitative estimate of drug-likeness (QED) is 0.525. The maximum absolute atomic E-state index is 13.1. The molecule has 2 heterocycles. The van der Waals surface area contributed by atoms with Crippen molar-refractivity contribution in [2.24, 2.45) is 0 Å². The predicted octanol–water partition coefficient (Wildman–Crippen LogP) is 4.11. The van der Waals surface area contributed by atoms with Crippen molar-refractivity contribution in [1.82, 2.24) is 10.2 Å². The number of nitrogens with one attached hydrogen (secondary N) is 1. The summed E-state index contributed by atoms with van der Waals surface area (Å²) in [6.45, 7) is 3.45. The van der Waals surface area contributed by atoms with Crippen LogP contribution in [0.2, 0.25) is 0 Å². The summed E-state index contributed by atoms with van der Waals surface area (Å²) in [6.07, 6.45) is 0.848. The van der Waals surface area contributed by atoms with Gasteiger partial charge in [-0.2, -0.15) is 0 Å². The molecule has 28 heavy (non-hydrogen) atoms. The van der Waals surface area contributed by atoms with Crippen molar-refractivity contribution in [3.63, 3.8) is 0 Å². The van der Waals surface area contributed by atoms with Gasteiger partial charge in [0.15, 0.2) is 5.78 Å². The summed E-state index contributed by atoms with van der Waals surface area (Å²) in [7, 11) is 0. The van der Waals surface area contributed by atoms with Crippen LogP contribution in [0.4, 0.5) is 4.79 Å². The molecule has 3 amide bonds. The van der Waals surface area contributed by atoms with E-state index in [-0.39, 0.29) is 12.3 Å². The number of thiophene rings is 1. The molecular weight excluding hydrogens is 372 g/mol. The summed E-state index contributed by atoms with van der Waals surface area (Å²) in [5, 5.41) is 4.82. The molecule has 0 radical (unpaired) electrons. The molecule has 0 unspecified atom stereocenters. The number of carbonyl (C=O) groups is 3. The summed E-state index contributed by atoms with van der Waals surface area (Å²) in [5.74, 6) is -0.635. The number of nitrogens with zero attached hydrogens (tertiary/aromatic N) is 1. The van der Waals surface area contributed by atoms with Crippen molar-refractivity contribution in [2.45, 2.75) is 25.8 Å². The summed E-state index contributed by atoms with van der Waals surface area (Å²) in [6, 6.07) is 16.6. The Morgan fingerprint density at radius 2 is 1.82 bits per heavy atom. The fourth-order valence-electron chi connectivity index (χ4n) is 3.48. The lowest BCUT2D eigenvalue weighted by molar-refractivity contribution is -0.130. The first-order valence-electron chi connectivity index (χ1n) is 9.17. The molecule has 0 aliphatic carbocycles. The lowest BCUT2D eigenvalue weighted by Gasteiger charge is -2.22. The van der Waals surface area contributed by atoms with E-state index in [0.717, 1.165) is 27.0 Å². The first-order valence-corrected chi connectivity index (χ1v) is 9.99. The summed E-state index contributed by atoms with van der Waals surface area (Å²) in [4.78, 5) is 40.9. The molecule has 2 aromatic carbocycles. The Morgan fingerprint density at radius 1 is 1.07 bits per heavy atom. The number of benzene rings is 2. The van der Waals surface area contributed by atoms with Crippen LogP contribution in [-0.4, -0.2) is 29.2 Å². The molecule has 1 aliphatic heterocycles. The van der Waals surface area contributed by atoms with Crippen LogP contribution in [0.1, 0.15) is 34.0 Å². The number of imide groups is 1. The highest BCUT2D eigenvalue weighted by Gasteiger charge is 2.49. The number of urea groups is 1. The monoisotopic (exact) mass is 392 g/mol. The molecule has 1 N–H and O–H groups in total. The number of carbonyl (C=O) groups excluding carboxylic acids is 3. The average Bonchev–Trinajstić information content (AvgIpc) is 3.27. The van der Waals surface area contributed by atoms with Gasteiger partial charge >= 0.3 is 6.03 Å². The van der Waals surface area contributed by atoms with Gasteiger partial charge in [-0.25, -0.2) is 4.79 Å². The minimum absolute atomic E-state index is 0.226. The van der Waals surface area contributed by atoms with E-state index in [0.29, 0.717) is 10.4 Å². The van der Waals surface area contributed by atoms with Gasteiger partial charge in [0, 0.05) is 4.88 Å². The van der Waals surface area contributed by atoms with Gasteiger partial charge in [-0.15, -0.1) is 11.3 Å². The van der Waals surface area contributed by atoms with Gasteiger partial charge in [0.1, 0.15) is 5.54 Å². The van der Waals surface area contributed by atoms with E-state index >= 15 is 0 Å². The molecule has 0 bridgehead atoms. The third kappa shape index (κ3) is 2.99. The van der Waals surface area contributed by atoms with Gasteiger partial charge in [-0.05, 0) is 47.9 Å². The molecule has 1 atom stereocenters. The van der Waals surface area contributed by atoms with Crippen molar-refractivity contribution in [1.29, 1.82) is 0 Å². The van der Waals surface area contributed by atoms with Crippen molar-refractivity contribution in [3.8, 4) is 0 Å². The first-order chi connectivity index (χ1) is 13.4. The van der Waals surface area contributed by atoms with Gasteiger partial charge in [0.2, 0.25) is 0 Å². The van der Waals surface area contributed by atoms with Crippen LogP contribution in [0.25, 0.3) is 10.8 Å². The van der Waals surface area contributed by atoms with Crippen LogP contribution in [0.3, 0.4) is 0 Å². The van der Waals surface area contributed by atoms with E-state index in [9.17, 15) is 14.4 Å². The maximum Gasteiger partial charge on any atom is 0.325 e. The number of hydrogen-bond acceptors (Lipinski definition) is 4. The Kier molecular flexibility index (Phi) is 4.51. The van der Waals surface area contributed by atoms with Crippen molar-refractivity contribution < 1.29 is 14.4 Å². The number of amides is 3. The second-order valence-electron chi connectivity index (χ2n) is 7.05. The largest absolute Gasteiger partial charge is 0.325 e. The summed E-state index contributed by atoms with van der Waals surface area (Å²) < 4.78 is 0. The summed E-state index contributed by atoms with van der Waals surface area (Å²) >= 11 is 1.41. The van der Waals surface area contributed by atoms with Gasteiger partial charge < -0.3 is 5.32 Å². The minimum Gasteiger partial charge on any atom is -0.319 e. The van der Waals surface area contributed by atoms with Crippen molar-refractivity contribution in [3.05, 3.63) is 69.9 Å². The molecule has 6 heteroatoms. The second-order valence-corrected chi connectivity index (χ2v) is 8.22. The molecular formula is C22H20N2O3S. The number of rotatable bonds is 5. The molecule has 4 rings (SSSR count). The topological polar surface area (TPSA) is 66.5 Å². The van der Waals surface area contributed by atoms with Gasteiger partial charge in [-0.1, -0.05) is 43.3 Å². The lowest BCUT2D eigenvalue weighted by atomic mass is 9.90. The van der Waals surface area contributed by atoms with Crippen LogP contribution in [0.5, 0.6) is 0 Å². The van der Waals surface area contributed by atoms with Gasteiger partial charge in [-0.3, -0.25) is 14.5 Å². The van der Waals surface area contributed by atoms with E-state index in [2.05, 4.69) is 5.32 Å². The van der Waals surface area contributed by atoms with Crippen molar-refractivity contribution in [2.75, 3.05) is 6.54 Å². The van der Waals surface area contributed by atoms with Crippen LogP contribution >= 0.6 is 11.3 Å². The highest BCUT2D eigenvalue weighted by molar-refractivity contribution is 7.14. The van der Waals surface area contributed by atoms with E-state index in [1.807, 2.05) is 55.5 Å². The molecule has 142 valence electrons. The molecule has 1 aliphatic rings. The number of ketones is 1. The van der Waals surface area contributed by atoms with Crippen LogP contribution in [0, 0.1) is 0 Å². The second kappa shape index (κ2) is 6.87. The molecule has 1 fully saturated rings. The number of fused-ring (bicyclic) bond motifs is 1. The molecule has 3 aromatic rings. The fraction of sp³-hybridized carbons (Fsp3) is 0.227. The number of Topliss-reactive ketones (excluding diaryl/α,β-unsaturated/α-hetero) is 1. The van der Waals surface area contributed by atoms with E-state index in [1.54, 1.807) is 13.0 Å². The highest BCUT2D eigenvalue weighted by atomic mass is 32.1. The van der Waals surface area contributed by atoms with Gasteiger partial charge in [0.25, 0.3) is 5.91 Å². The minimum atomic E-state index is -1.19. The van der Waals surface area contributed by atoms with Crippen LogP contribution in [-0.2, 0) is 16.8 Å². The standard InChI is InChI=1S/C22H20N2O3S/c1-3-17-10-11-19(28-17)18(25)13-24-20(26)22(2,23-21(24)27)16-9-8-14-6-4-5-7-15(14)12-16/h4-12H,3,13H2,1-2H3,(H,23,27)/t22-/m1/s1. The molecule has 0 saturated carbocycles. The van der Waals surface area contributed by atoms with Crippen LogP contribution in [0.15, 0.2) is 54.6 Å². The SMILES string of the molecule is CCc1ccc(C(=O)CN2C(=O)N[C@](C)(c3ccc4ccccc4c3)C2=O)s1. The Morgan fingerprint density at radius 3 is 2.54 bits per heavy atom. The summed E-state index contributed by atoms with van der Waals surface area (Å²) in [5.41, 5.74) is -0.491. The normalized spacial score (nSPS) is 19.3. The van der Waals surface area contributed by atoms with E-state index < -0.39 is 17.5 Å². The third-order valence-electron chi connectivity index (χ3n) is 5.19. The van der Waals surface area contributed by atoms with E-state index in [1.165, 1.54) is 11.3 Å².